The van der Waals surface area contributed by atoms with E-state index in [1.807, 2.05) is 24.3 Å². The molecule has 114 valence electrons. The summed E-state index contributed by atoms with van der Waals surface area (Å²) in [5, 5.41) is 7.56. The van der Waals surface area contributed by atoms with Gasteiger partial charge in [-0.3, -0.25) is 5.10 Å². The van der Waals surface area contributed by atoms with Crippen molar-refractivity contribution >= 4 is 5.97 Å². The Balaban J connectivity index is 1.60. The van der Waals surface area contributed by atoms with Crippen LogP contribution in [0.5, 0.6) is 0 Å². The smallest absolute Gasteiger partial charge is 0.339 e. The van der Waals surface area contributed by atoms with Crippen molar-refractivity contribution in [3.63, 3.8) is 0 Å². The number of aromatic nitrogens is 2. The third-order valence-electron chi connectivity index (χ3n) is 5.40. The van der Waals surface area contributed by atoms with Crippen molar-refractivity contribution in [2.75, 3.05) is 0 Å². The summed E-state index contributed by atoms with van der Waals surface area (Å²) in [4.78, 5) is 12.1. The van der Waals surface area contributed by atoms with Crippen LogP contribution in [0.3, 0.4) is 0 Å². The fourth-order valence-electron chi connectivity index (χ4n) is 3.98. The van der Waals surface area contributed by atoms with Crippen molar-refractivity contribution in [3.8, 4) is 0 Å². The first-order chi connectivity index (χ1) is 10.6. The van der Waals surface area contributed by atoms with E-state index in [0.29, 0.717) is 5.92 Å². The highest BCUT2D eigenvalue weighted by molar-refractivity contribution is 5.94. The number of esters is 1. The van der Waals surface area contributed by atoms with Gasteiger partial charge in [-0.1, -0.05) is 18.2 Å². The van der Waals surface area contributed by atoms with Crippen LogP contribution >= 0.6 is 0 Å². The molecule has 0 radical (unpaired) electrons. The summed E-state index contributed by atoms with van der Waals surface area (Å²) in [6.45, 7) is 4.19. The molecule has 0 saturated heterocycles. The molecule has 4 rings (SSSR count). The van der Waals surface area contributed by atoms with E-state index in [4.69, 9.17) is 4.74 Å². The van der Waals surface area contributed by atoms with Gasteiger partial charge in [0.25, 0.3) is 0 Å². The minimum atomic E-state index is -0.399. The van der Waals surface area contributed by atoms with Crippen LogP contribution in [0.1, 0.15) is 64.5 Å². The van der Waals surface area contributed by atoms with Crippen LogP contribution < -0.4 is 0 Å². The van der Waals surface area contributed by atoms with Crippen LogP contribution in [-0.2, 0) is 10.3 Å². The molecule has 4 heteroatoms. The number of benzene rings is 1. The molecule has 4 nitrogen and oxygen atoms in total. The number of ether oxygens (including phenoxy) is 1. The number of hydrogen-bond acceptors (Lipinski definition) is 3. The number of nitrogens with zero attached hydrogens (tertiary/aromatic N) is 1. The van der Waals surface area contributed by atoms with E-state index < -0.39 is 5.60 Å². The molecule has 1 fully saturated rings. The Kier molecular flexibility index (Phi) is 2.90. The molecule has 1 saturated carbocycles. The lowest BCUT2D eigenvalue weighted by molar-refractivity contribution is -0.0311. The summed E-state index contributed by atoms with van der Waals surface area (Å²) in [7, 11) is 0. The van der Waals surface area contributed by atoms with Gasteiger partial charge >= 0.3 is 5.97 Å². The minimum Gasteiger partial charge on any atom is -0.451 e. The van der Waals surface area contributed by atoms with E-state index in [1.165, 1.54) is 11.3 Å². The molecule has 0 atom stereocenters. The van der Waals surface area contributed by atoms with Gasteiger partial charge in [0.2, 0.25) is 0 Å². The van der Waals surface area contributed by atoms with Gasteiger partial charge in [-0.25, -0.2) is 4.79 Å². The van der Waals surface area contributed by atoms with Crippen molar-refractivity contribution in [2.45, 2.75) is 51.0 Å². The molecule has 1 aliphatic carbocycles. The SMILES string of the molecule is Cc1[nH]nc(C2CCC3(CC2)OC(=O)c2ccccc23)c1C. The van der Waals surface area contributed by atoms with Gasteiger partial charge in [0, 0.05) is 17.2 Å². The number of fused-ring (bicyclic) bond motifs is 2. The Morgan fingerprint density at radius 3 is 2.64 bits per heavy atom. The lowest BCUT2D eigenvalue weighted by Gasteiger charge is -2.36. The van der Waals surface area contributed by atoms with Gasteiger partial charge in [0.15, 0.2) is 0 Å². The molecular weight excluding hydrogens is 276 g/mol. The molecule has 0 unspecified atom stereocenters. The Morgan fingerprint density at radius 1 is 1.23 bits per heavy atom. The lowest BCUT2D eigenvalue weighted by atomic mass is 9.73. The number of aromatic amines is 1. The first-order valence-corrected chi connectivity index (χ1v) is 7.95. The number of H-pyrrole nitrogens is 1. The van der Waals surface area contributed by atoms with Gasteiger partial charge < -0.3 is 4.74 Å². The topological polar surface area (TPSA) is 55.0 Å². The number of nitrogens with one attached hydrogen (secondary N) is 1. The van der Waals surface area contributed by atoms with Crippen LogP contribution in [-0.4, -0.2) is 16.2 Å². The molecule has 1 aromatic heterocycles. The highest BCUT2D eigenvalue weighted by Gasteiger charge is 2.47. The molecule has 1 aliphatic heterocycles. The van der Waals surface area contributed by atoms with Gasteiger partial charge in [0.05, 0.1) is 11.3 Å². The fraction of sp³-hybridized carbons (Fsp3) is 0.444. The summed E-state index contributed by atoms with van der Waals surface area (Å²) in [6.07, 6.45) is 3.77. The van der Waals surface area contributed by atoms with Crippen molar-refractivity contribution in [2.24, 2.45) is 0 Å². The van der Waals surface area contributed by atoms with Crippen LogP contribution in [0.25, 0.3) is 0 Å². The number of rotatable bonds is 1. The molecule has 2 aliphatic rings. The maximum absolute atomic E-state index is 12.1. The minimum absolute atomic E-state index is 0.166. The molecule has 2 heterocycles. The predicted octanol–water partition coefficient (Wildman–Crippen LogP) is 3.75. The third kappa shape index (κ3) is 1.83. The van der Waals surface area contributed by atoms with Crippen molar-refractivity contribution in [3.05, 3.63) is 52.3 Å². The van der Waals surface area contributed by atoms with Gasteiger partial charge in [-0.05, 0) is 51.2 Å². The number of aryl methyl sites for hydroxylation is 1. The van der Waals surface area contributed by atoms with Gasteiger partial charge in [0.1, 0.15) is 5.60 Å². The fourth-order valence-corrected chi connectivity index (χ4v) is 3.98. The predicted molar refractivity (Wildman–Crippen MR) is 82.8 cm³/mol. The highest BCUT2D eigenvalue weighted by atomic mass is 16.6. The summed E-state index contributed by atoms with van der Waals surface area (Å²) >= 11 is 0. The van der Waals surface area contributed by atoms with E-state index in [1.54, 1.807) is 0 Å². The van der Waals surface area contributed by atoms with E-state index >= 15 is 0 Å². The Labute approximate surface area is 129 Å². The molecule has 1 aromatic carbocycles. The summed E-state index contributed by atoms with van der Waals surface area (Å²) in [5.41, 5.74) is 5.02. The first-order valence-electron chi connectivity index (χ1n) is 7.95. The Bertz CT molecular complexity index is 739. The van der Waals surface area contributed by atoms with Crippen LogP contribution in [0.15, 0.2) is 24.3 Å². The zero-order valence-corrected chi connectivity index (χ0v) is 13.0. The standard InChI is InChI=1S/C18H20N2O2/c1-11-12(2)19-20-16(11)13-7-9-18(10-8-13)15-6-4-3-5-14(15)17(21)22-18/h3-6,13H,7-10H2,1-2H3,(H,19,20). The second-order valence-corrected chi connectivity index (χ2v) is 6.56. The van der Waals surface area contributed by atoms with E-state index in [0.717, 1.165) is 42.5 Å². The molecule has 1 spiro atoms. The second-order valence-electron chi connectivity index (χ2n) is 6.56. The largest absolute Gasteiger partial charge is 0.451 e. The van der Waals surface area contributed by atoms with Gasteiger partial charge in [-0.2, -0.15) is 5.10 Å². The maximum atomic E-state index is 12.1. The zero-order chi connectivity index (χ0) is 15.3. The van der Waals surface area contributed by atoms with E-state index in [2.05, 4.69) is 24.0 Å². The monoisotopic (exact) mass is 296 g/mol. The number of carbonyl (C=O) groups is 1. The van der Waals surface area contributed by atoms with Gasteiger partial charge in [-0.15, -0.1) is 0 Å². The van der Waals surface area contributed by atoms with Crippen LogP contribution in [0.4, 0.5) is 0 Å². The van der Waals surface area contributed by atoms with E-state index in [9.17, 15) is 4.79 Å². The normalized spacial score (nSPS) is 27.0. The maximum Gasteiger partial charge on any atom is 0.339 e. The summed E-state index contributed by atoms with van der Waals surface area (Å²) in [6, 6.07) is 7.82. The zero-order valence-electron chi connectivity index (χ0n) is 13.0. The third-order valence-corrected chi connectivity index (χ3v) is 5.40. The van der Waals surface area contributed by atoms with Crippen LogP contribution in [0, 0.1) is 13.8 Å². The molecule has 1 N–H and O–H groups in total. The van der Waals surface area contributed by atoms with Crippen molar-refractivity contribution in [1.29, 1.82) is 0 Å². The number of carbonyl (C=O) groups excluding carboxylic acids is 1. The van der Waals surface area contributed by atoms with Crippen LogP contribution in [0.2, 0.25) is 0 Å². The van der Waals surface area contributed by atoms with E-state index in [-0.39, 0.29) is 5.97 Å². The number of hydrogen-bond donors (Lipinski definition) is 1. The average molecular weight is 296 g/mol. The highest BCUT2D eigenvalue weighted by Crippen LogP contribution is 2.50. The molecule has 2 aromatic rings. The van der Waals surface area contributed by atoms with Crippen molar-refractivity contribution in [1.82, 2.24) is 10.2 Å². The molecule has 0 amide bonds. The molecular formula is C18H20N2O2. The summed E-state index contributed by atoms with van der Waals surface area (Å²) < 4.78 is 5.81. The lowest BCUT2D eigenvalue weighted by Crippen LogP contribution is -2.31. The average Bonchev–Trinajstić information content (AvgIpc) is 3.01. The second kappa shape index (κ2) is 4.70. The van der Waals surface area contributed by atoms with Crippen molar-refractivity contribution < 1.29 is 9.53 Å². The Hall–Kier alpha value is -2.10. The molecule has 22 heavy (non-hydrogen) atoms. The quantitative estimate of drug-likeness (QED) is 0.815. The molecule has 0 bridgehead atoms. The first kappa shape index (κ1) is 13.6. The Morgan fingerprint density at radius 2 is 1.95 bits per heavy atom. The summed E-state index contributed by atoms with van der Waals surface area (Å²) in [5.74, 6) is 0.294.